The third-order valence-electron chi connectivity index (χ3n) is 3.80. The topological polar surface area (TPSA) is 56.1 Å². The molecule has 2 aromatic carbocycles. The lowest BCUT2D eigenvalue weighted by atomic mass is 10.0. The highest BCUT2D eigenvalue weighted by Crippen LogP contribution is 2.34. The normalized spacial score (nSPS) is 16.5. The zero-order valence-electron chi connectivity index (χ0n) is 12.3. The molecule has 1 atom stereocenters. The summed E-state index contributed by atoms with van der Waals surface area (Å²) < 4.78 is 27.0. The summed E-state index contributed by atoms with van der Waals surface area (Å²) in [4.78, 5) is 13.8. The van der Waals surface area contributed by atoms with E-state index in [1.165, 1.54) is 4.90 Å². The SMILES string of the molecule is CC1Nc2cc(F)c(F)cc2N(Cc2ccccc2C#N)C1=O. The van der Waals surface area contributed by atoms with Gasteiger partial charge < -0.3 is 10.2 Å². The standard InChI is InChI=1S/C17H13F2N3O/c1-10-17(23)22(9-12-5-3-2-4-11(12)8-20)16-7-14(19)13(18)6-15(16)21-10/h2-7,10,21H,9H2,1H3. The van der Waals surface area contributed by atoms with Gasteiger partial charge in [-0.1, -0.05) is 18.2 Å². The van der Waals surface area contributed by atoms with Crippen LogP contribution in [-0.4, -0.2) is 11.9 Å². The Balaban J connectivity index is 2.07. The number of rotatable bonds is 2. The smallest absolute Gasteiger partial charge is 0.249 e. The largest absolute Gasteiger partial charge is 0.372 e. The summed E-state index contributed by atoms with van der Waals surface area (Å²) in [6.45, 7) is 1.77. The maximum Gasteiger partial charge on any atom is 0.249 e. The van der Waals surface area contributed by atoms with Gasteiger partial charge in [0.1, 0.15) is 6.04 Å². The lowest BCUT2D eigenvalue weighted by Gasteiger charge is -2.34. The number of nitrogens with zero attached hydrogens (tertiary/aromatic N) is 2. The average molecular weight is 313 g/mol. The van der Waals surface area contributed by atoms with Crippen LogP contribution in [0.25, 0.3) is 0 Å². The van der Waals surface area contributed by atoms with Crippen molar-refractivity contribution in [1.82, 2.24) is 0 Å². The number of hydrogen-bond donors (Lipinski definition) is 1. The maximum atomic E-state index is 13.6. The number of carbonyl (C=O) groups is 1. The summed E-state index contributed by atoms with van der Waals surface area (Å²) >= 11 is 0. The van der Waals surface area contributed by atoms with E-state index in [2.05, 4.69) is 11.4 Å². The average Bonchev–Trinajstić information content (AvgIpc) is 2.54. The van der Waals surface area contributed by atoms with Crippen LogP contribution >= 0.6 is 0 Å². The van der Waals surface area contributed by atoms with Crippen molar-refractivity contribution in [1.29, 1.82) is 5.26 Å². The number of anilines is 2. The van der Waals surface area contributed by atoms with Crippen LogP contribution in [0, 0.1) is 23.0 Å². The van der Waals surface area contributed by atoms with E-state index in [4.69, 9.17) is 5.26 Å². The van der Waals surface area contributed by atoms with Gasteiger partial charge in [-0.3, -0.25) is 4.79 Å². The monoisotopic (exact) mass is 313 g/mol. The molecule has 0 radical (unpaired) electrons. The zero-order chi connectivity index (χ0) is 16.6. The van der Waals surface area contributed by atoms with Crippen LogP contribution < -0.4 is 10.2 Å². The van der Waals surface area contributed by atoms with Gasteiger partial charge in [0, 0.05) is 12.1 Å². The molecule has 0 aromatic heterocycles. The lowest BCUT2D eigenvalue weighted by molar-refractivity contribution is -0.119. The molecule has 1 unspecified atom stereocenters. The third-order valence-corrected chi connectivity index (χ3v) is 3.80. The van der Waals surface area contributed by atoms with E-state index in [1.807, 2.05) is 0 Å². The Bertz CT molecular complexity index is 829. The van der Waals surface area contributed by atoms with Crippen LogP contribution in [0.1, 0.15) is 18.1 Å². The zero-order valence-corrected chi connectivity index (χ0v) is 12.3. The molecule has 2 aromatic rings. The first-order chi connectivity index (χ1) is 11.0. The van der Waals surface area contributed by atoms with Gasteiger partial charge in [0.05, 0.1) is 29.6 Å². The molecule has 0 spiro atoms. The van der Waals surface area contributed by atoms with Crippen molar-refractivity contribution < 1.29 is 13.6 Å². The maximum absolute atomic E-state index is 13.6. The van der Waals surface area contributed by atoms with Crippen molar-refractivity contribution in [2.45, 2.75) is 19.5 Å². The lowest BCUT2D eigenvalue weighted by Crippen LogP contribution is -2.45. The van der Waals surface area contributed by atoms with Crippen LogP contribution in [0.5, 0.6) is 0 Å². The minimum absolute atomic E-state index is 0.118. The number of nitrogens with one attached hydrogen (secondary N) is 1. The minimum atomic E-state index is -1.02. The van der Waals surface area contributed by atoms with Crippen LogP contribution in [0.4, 0.5) is 20.2 Å². The van der Waals surface area contributed by atoms with Crippen LogP contribution in [-0.2, 0) is 11.3 Å². The number of carbonyl (C=O) groups excluding carboxylic acids is 1. The second-order valence-corrected chi connectivity index (χ2v) is 5.34. The van der Waals surface area contributed by atoms with Crippen molar-refractivity contribution in [3.8, 4) is 6.07 Å². The molecule has 1 amide bonds. The Hall–Kier alpha value is -2.94. The van der Waals surface area contributed by atoms with Gasteiger partial charge in [-0.25, -0.2) is 8.78 Å². The van der Waals surface area contributed by atoms with Crippen molar-refractivity contribution in [3.63, 3.8) is 0 Å². The van der Waals surface area contributed by atoms with Crippen LogP contribution in [0.2, 0.25) is 0 Å². The summed E-state index contributed by atoms with van der Waals surface area (Å²) in [5, 5.41) is 12.0. The van der Waals surface area contributed by atoms with E-state index < -0.39 is 17.7 Å². The van der Waals surface area contributed by atoms with Crippen LogP contribution in [0.15, 0.2) is 36.4 Å². The molecule has 0 saturated carbocycles. The quantitative estimate of drug-likeness (QED) is 0.926. The molecular weight excluding hydrogens is 300 g/mol. The van der Waals surface area contributed by atoms with Crippen molar-refractivity contribution >= 4 is 17.3 Å². The Morgan fingerprint density at radius 3 is 2.70 bits per heavy atom. The number of amides is 1. The molecule has 116 valence electrons. The Kier molecular flexibility index (Phi) is 3.70. The first-order valence-corrected chi connectivity index (χ1v) is 7.06. The first-order valence-electron chi connectivity index (χ1n) is 7.06. The van der Waals surface area contributed by atoms with Gasteiger partial charge in [-0.2, -0.15) is 5.26 Å². The Morgan fingerprint density at radius 2 is 1.96 bits per heavy atom. The Morgan fingerprint density at radius 1 is 1.26 bits per heavy atom. The number of nitriles is 1. The molecule has 0 fully saturated rings. The van der Waals surface area contributed by atoms with Gasteiger partial charge in [-0.15, -0.1) is 0 Å². The fourth-order valence-corrected chi connectivity index (χ4v) is 2.62. The molecule has 3 rings (SSSR count). The predicted octanol–water partition coefficient (Wildman–Crippen LogP) is 3.18. The summed E-state index contributed by atoms with van der Waals surface area (Å²) in [7, 11) is 0. The molecule has 0 aliphatic carbocycles. The van der Waals surface area contributed by atoms with Gasteiger partial charge >= 0.3 is 0 Å². The summed E-state index contributed by atoms with van der Waals surface area (Å²) in [5.74, 6) is -2.27. The van der Waals surface area contributed by atoms with Gasteiger partial charge in [0.15, 0.2) is 11.6 Å². The summed E-state index contributed by atoms with van der Waals surface area (Å²) in [6.07, 6.45) is 0. The van der Waals surface area contributed by atoms with E-state index in [9.17, 15) is 13.6 Å². The van der Waals surface area contributed by atoms with E-state index in [1.54, 1.807) is 31.2 Å². The molecule has 1 aliphatic heterocycles. The molecule has 0 saturated heterocycles. The minimum Gasteiger partial charge on any atom is -0.372 e. The first kappa shape index (κ1) is 15.0. The van der Waals surface area contributed by atoms with Gasteiger partial charge in [0.2, 0.25) is 5.91 Å². The summed E-state index contributed by atoms with van der Waals surface area (Å²) in [5.41, 5.74) is 1.70. The van der Waals surface area contributed by atoms with E-state index >= 15 is 0 Å². The predicted molar refractivity (Wildman–Crippen MR) is 81.8 cm³/mol. The second kappa shape index (κ2) is 5.69. The van der Waals surface area contributed by atoms with E-state index in [-0.39, 0.29) is 18.1 Å². The fraction of sp³-hybridized carbons (Fsp3) is 0.176. The Labute approximate surface area is 132 Å². The second-order valence-electron chi connectivity index (χ2n) is 5.34. The van der Waals surface area contributed by atoms with Crippen molar-refractivity contribution in [3.05, 3.63) is 59.2 Å². The van der Waals surface area contributed by atoms with E-state index in [0.717, 1.165) is 12.1 Å². The van der Waals surface area contributed by atoms with E-state index in [0.29, 0.717) is 16.8 Å². The summed E-state index contributed by atoms with van der Waals surface area (Å²) in [6, 6.07) is 10.4. The highest BCUT2D eigenvalue weighted by Gasteiger charge is 2.31. The van der Waals surface area contributed by atoms with Crippen molar-refractivity contribution in [2.24, 2.45) is 0 Å². The molecule has 23 heavy (non-hydrogen) atoms. The highest BCUT2D eigenvalue weighted by atomic mass is 19.2. The molecule has 6 heteroatoms. The van der Waals surface area contributed by atoms with Gasteiger partial charge in [-0.05, 0) is 18.6 Å². The third kappa shape index (κ3) is 2.61. The molecule has 1 aliphatic rings. The van der Waals surface area contributed by atoms with Crippen molar-refractivity contribution in [2.75, 3.05) is 10.2 Å². The molecular formula is C17H13F2N3O. The molecule has 0 bridgehead atoms. The molecule has 1 heterocycles. The molecule has 1 N–H and O–H groups in total. The number of hydrogen-bond acceptors (Lipinski definition) is 3. The van der Waals surface area contributed by atoms with Gasteiger partial charge in [0.25, 0.3) is 0 Å². The van der Waals surface area contributed by atoms with Crippen LogP contribution in [0.3, 0.4) is 0 Å². The number of halogens is 2. The highest BCUT2D eigenvalue weighted by molar-refractivity contribution is 6.04. The molecule has 4 nitrogen and oxygen atoms in total. The number of benzene rings is 2. The number of fused-ring (bicyclic) bond motifs is 1. The fourth-order valence-electron chi connectivity index (χ4n) is 2.62.